The molecule has 3 nitrogen and oxygen atoms in total. The van der Waals surface area contributed by atoms with Crippen LogP contribution in [0, 0.1) is 5.92 Å². The molecule has 1 heterocycles. The lowest BCUT2D eigenvalue weighted by Gasteiger charge is -2.49. The molecule has 0 bridgehead atoms. The molecule has 0 spiro atoms. The highest BCUT2D eigenvalue weighted by Crippen LogP contribution is 2.29. The van der Waals surface area contributed by atoms with Crippen molar-refractivity contribution in [2.45, 2.75) is 45.3 Å². The number of ether oxygens (including phenoxy) is 1. The van der Waals surface area contributed by atoms with Crippen LogP contribution in [0.25, 0.3) is 0 Å². The van der Waals surface area contributed by atoms with Gasteiger partial charge in [-0.2, -0.15) is 0 Å². The highest BCUT2D eigenvalue weighted by Gasteiger charge is 2.43. The Morgan fingerprint density at radius 3 is 2.33 bits per heavy atom. The van der Waals surface area contributed by atoms with Gasteiger partial charge in [-0.05, 0) is 26.2 Å². The molecule has 1 aliphatic heterocycles. The van der Waals surface area contributed by atoms with Crippen molar-refractivity contribution in [2.75, 3.05) is 26.7 Å². The van der Waals surface area contributed by atoms with Crippen LogP contribution in [0.4, 0.5) is 0 Å². The van der Waals surface area contributed by atoms with Crippen LogP contribution in [-0.2, 0) is 4.74 Å². The molecule has 0 aliphatic carbocycles. The van der Waals surface area contributed by atoms with Crippen LogP contribution >= 0.6 is 0 Å². The zero-order valence-corrected chi connectivity index (χ0v) is 10.7. The molecule has 0 radical (unpaired) electrons. The predicted molar refractivity (Wildman–Crippen MR) is 61.9 cm³/mol. The molecule has 1 fully saturated rings. The van der Waals surface area contributed by atoms with Crippen LogP contribution in [0.15, 0.2) is 0 Å². The second kappa shape index (κ2) is 4.40. The molecule has 15 heavy (non-hydrogen) atoms. The van der Waals surface area contributed by atoms with E-state index < -0.39 is 5.60 Å². The highest BCUT2D eigenvalue weighted by molar-refractivity contribution is 4.97. The molecule has 0 amide bonds. The van der Waals surface area contributed by atoms with Gasteiger partial charge in [0.05, 0.1) is 11.2 Å². The smallest absolute Gasteiger partial charge is 0.0922 e. The van der Waals surface area contributed by atoms with Gasteiger partial charge in [-0.1, -0.05) is 13.8 Å². The van der Waals surface area contributed by atoms with Crippen LogP contribution in [0.5, 0.6) is 0 Å². The Morgan fingerprint density at radius 1 is 1.40 bits per heavy atom. The second-order valence-corrected chi connectivity index (χ2v) is 5.68. The Morgan fingerprint density at radius 2 is 1.93 bits per heavy atom. The number of likely N-dealkylation sites (tertiary alicyclic amines) is 1. The van der Waals surface area contributed by atoms with Gasteiger partial charge in [-0.3, -0.25) is 4.90 Å². The first-order valence-corrected chi connectivity index (χ1v) is 5.79. The Labute approximate surface area is 93.4 Å². The number of hydrogen-bond acceptors (Lipinski definition) is 3. The van der Waals surface area contributed by atoms with Crippen LogP contribution in [0.2, 0.25) is 0 Å². The summed E-state index contributed by atoms with van der Waals surface area (Å²) in [7, 11) is 1.75. The molecule has 0 unspecified atom stereocenters. The van der Waals surface area contributed by atoms with E-state index in [2.05, 4.69) is 32.6 Å². The van der Waals surface area contributed by atoms with Crippen molar-refractivity contribution < 1.29 is 9.84 Å². The fourth-order valence-electron chi connectivity index (χ4n) is 1.78. The average molecular weight is 215 g/mol. The molecule has 0 saturated carbocycles. The highest BCUT2D eigenvalue weighted by atomic mass is 16.5. The third kappa shape index (κ3) is 3.16. The van der Waals surface area contributed by atoms with E-state index in [0.29, 0.717) is 5.92 Å². The van der Waals surface area contributed by atoms with Crippen LogP contribution in [0.3, 0.4) is 0 Å². The van der Waals surface area contributed by atoms with E-state index in [0.717, 1.165) is 26.1 Å². The van der Waals surface area contributed by atoms with Gasteiger partial charge in [0.15, 0.2) is 0 Å². The summed E-state index contributed by atoms with van der Waals surface area (Å²) >= 11 is 0. The average Bonchev–Trinajstić information content (AvgIpc) is 2.10. The Balaban J connectivity index is 2.24. The summed E-state index contributed by atoms with van der Waals surface area (Å²) in [6.45, 7) is 11.0. The lowest BCUT2D eigenvalue weighted by atomic mass is 9.82. The molecule has 90 valence electrons. The van der Waals surface area contributed by atoms with Crippen molar-refractivity contribution in [2.24, 2.45) is 5.92 Å². The van der Waals surface area contributed by atoms with Crippen LogP contribution in [0.1, 0.15) is 34.1 Å². The van der Waals surface area contributed by atoms with Crippen molar-refractivity contribution in [3.05, 3.63) is 0 Å². The molecule has 1 aliphatic rings. The van der Waals surface area contributed by atoms with Gasteiger partial charge in [0, 0.05) is 26.7 Å². The van der Waals surface area contributed by atoms with Crippen molar-refractivity contribution in [1.82, 2.24) is 4.90 Å². The largest absolute Gasteiger partial charge is 0.387 e. The van der Waals surface area contributed by atoms with Crippen molar-refractivity contribution in [3.8, 4) is 0 Å². The quantitative estimate of drug-likeness (QED) is 0.754. The molecular formula is C12H25NO2. The summed E-state index contributed by atoms with van der Waals surface area (Å²) < 4.78 is 5.37. The lowest BCUT2D eigenvalue weighted by molar-refractivity contribution is -0.132. The van der Waals surface area contributed by atoms with E-state index in [4.69, 9.17) is 4.74 Å². The summed E-state index contributed by atoms with van der Waals surface area (Å²) in [4.78, 5) is 2.29. The first-order valence-electron chi connectivity index (χ1n) is 5.79. The summed E-state index contributed by atoms with van der Waals surface area (Å²) in [5, 5.41) is 10.1. The fourth-order valence-corrected chi connectivity index (χ4v) is 1.78. The van der Waals surface area contributed by atoms with Gasteiger partial charge in [-0.25, -0.2) is 0 Å². The molecule has 1 N–H and O–H groups in total. The third-order valence-electron chi connectivity index (χ3n) is 3.65. The maximum atomic E-state index is 10.1. The number of hydrogen-bond donors (Lipinski definition) is 1. The van der Waals surface area contributed by atoms with E-state index in [1.54, 1.807) is 7.11 Å². The van der Waals surface area contributed by atoms with Gasteiger partial charge in [-0.15, -0.1) is 0 Å². The van der Waals surface area contributed by atoms with Crippen molar-refractivity contribution in [1.29, 1.82) is 0 Å². The van der Waals surface area contributed by atoms with Gasteiger partial charge >= 0.3 is 0 Å². The topological polar surface area (TPSA) is 32.7 Å². The normalized spacial score (nSPS) is 21.8. The monoisotopic (exact) mass is 215 g/mol. The number of methoxy groups -OCH3 is 1. The zero-order chi connectivity index (χ0) is 11.7. The third-order valence-corrected chi connectivity index (χ3v) is 3.65. The number of rotatable bonds is 5. The Bertz CT molecular complexity index is 208. The predicted octanol–water partition coefficient (Wildman–Crippen LogP) is 1.50. The number of nitrogens with zero attached hydrogens (tertiary/aromatic N) is 1. The minimum atomic E-state index is -0.447. The van der Waals surface area contributed by atoms with Gasteiger partial charge in [0.1, 0.15) is 0 Å². The van der Waals surface area contributed by atoms with E-state index >= 15 is 0 Å². The summed E-state index contributed by atoms with van der Waals surface area (Å²) in [6.07, 6.45) is 1.01. The molecule has 0 aromatic heterocycles. The molecule has 1 saturated heterocycles. The van der Waals surface area contributed by atoms with E-state index in [1.165, 1.54) is 0 Å². The molecule has 1 rings (SSSR count). The Hall–Kier alpha value is -0.120. The van der Waals surface area contributed by atoms with Crippen molar-refractivity contribution in [3.63, 3.8) is 0 Å². The molecule has 0 atom stereocenters. The first-order chi connectivity index (χ1) is 6.79. The van der Waals surface area contributed by atoms with E-state index in [1.807, 2.05) is 0 Å². The standard InChI is InChI=1S/C12H25NO2/c1-10(2)12(14)8-13(9-12)7-6-11(3,4)15-5/h10,14H,6-9H2,1-5H3. The van der Waals surface area contributed by atoms with E-state index in [9.17, 15) is 5.11 Å². The number of aliphatic hydroxyl groups is 1. The summed E-state index contributed by atoms with van der Waals surface area (Å²) in [5.41, 5.74) is -0.497. The number of β-amino-alcohol motifs (C(OH)–C–C–N with tert-alkyl or cyclic N) is 1. The summed E-state index contributed by atoms with van der Waals surface area (Å²) in [5.74, 6) is 0.351. The van der Waals surface area contributed by atoms with Gasteiger partial charge < -0.3 is 9.84 Å². The maximum absolute atomic E-state index is 10.1. The molecule has 0 aromatic carbocycles. The fraction of sp³-hybridized carbons (Fsp3) is 1.00. The molecule has 3 heteroatoms. The minimum Gasteiger partial charge on any atom is -0.387 e. The second-order valence-electron chi connectivity index (χ2n) is 5.68. The van der Waals surface area contributed by atoms with Crippen LogP contribution in [-0.4, -0.2) is 48.0 Å². The first kappa shape index (κ1) is 12.9. The van der Waals surface area contributed by atoms with Crippen molar-refractivity contribution >= 4 is 0 Å². The van der Waals surface area contributed by atoms with Crippen LogP contribution < -0.4 is 0 Å². The molecule has 0 aromatic rings. The van der Waals surface area contributed by atoms with Gasteiger partial charge in [0.25, 0.3) is 0 Å². The maximum Gasteiger partial charge on any atom is 0.0922 e. The minimum absolute atomic E-state index is 0.0501. The van der Waals surface area contributed by atoms with Gasteiger partial charge in [0.2, 0.25) is 0 Å². The lowest BCUT2D eigenvalue weighted by Crippen LogP contribution is -2.64. The SMILES string of the molecule is COC(C)(C)CCN1CC(O)(C(C)C)C1. The molecular weight excluding hydrogens is 190 g/mol. The van der Waals surface area contributed by atoms with E-state index in [-0.39, 0.29) is 5.60 Å². The summed E-state index contributed by atoms with van der Waals surface area (Å²) in [6, 6.07) is 0. The Kier molecular flexibility index (Phi) is 3.80. The zero-order valence-electron chi connectivity index (χ0n) is 10.7.